The Kier molecular flexibility index (Phi) is 3.38. The smallest absolute Gasteiger partial charge is 0.156 e. The van der Waals surface area contributed by atoms with E-state index in [-0.39, 0.29) is 0 Å². The average Bonchev–Trinajstić information content (AvgIpc) is 3.35. The first-order valence-corrected chi connectivity index (χ1v) is 9.16. The Balaban J connectivity index is 1.72. The maximum atomic E-state index is 6.10. The van der Waals surface area contributed by atoms with Gasteiger partial charge in [0.25, 0.3) is 0 Å². The van der Waals surface area contributed by atoms with E-state index in [1.165, 1.54) is 11.1 Å². The second-order valence-corrected chi connectivity index (χ2v) is 7.13. The van der Waals surface area contributed by atoms with E-state index in [9.17, 15) is 0 Å². The van der Waals surface area contributed by atoms with E-state index in [0.29, 0.717) is 5.92 Å². The minimum absolute atomic E-state index is 0.433. The van der Waals surface area contributed by atoms with Crippen LogP contribution in [0.1, 0.15) is 30.9 Å². The van der Waals surface area contributed by atoms with Gasteiger partial charge in [-0.3, -0.25) is 0 Å². The summed E-state index contributed by atoms with van der Waals surface area (Å²) in [5.74, 6) is 2.36. The van der Waals surface area contributed by atoms with E-state index < -0.39 is 0 Å². The van der Waals surface area contributed by atoms with E-state index in [2.05, 4.69) is 60.2 Å². The van der Waals surface area contributed by atoms with Crippen LogP contribution in [0.3, 0.4) is 0 Å². The zero-order chi connectivity index (χ0) is 17.7. The number of para-hydroxylation sites is 2. The van der Waals surface area contributed by atoms with Crippen LogP contribution in [-0.2, 0) is 6.42 Å². The van der Waals surface area contributed by atoms with Crippen molar-refractivity contribution in [3.63, 3.8) is 0 Å². The second-order valence-electron chi connectivity index (χ2n) is 7.13. The average molecular weight is 343 g/mol. The maximum absolute atomic E-state index is 6.10. The van der Waals surface area contributed by atoms with Crippen molar-refractivity contribution in [1.29, 1.82) is 0 Å². The number of anilines is 1. The predicted octanol–water partition coefficient (Wildman–Crippen LogP) is 5.38. The second kappa shape index (κ2) is 5.77. The van der Waals surface area contributed by atoms with E-state index in [1.807, 2.05) is 18.2 Å². The molecule has 0 fully saturated rings. The first kappa shape index (κ1) is 15.3. The molecule has 4 nitrogen and oxygen atoms in total. The highest BCUT2D eigenvalue weighted by atomic mass is 16.3. The highest BCUT2D eigenvalue weighted by Crippen LogP contribution is 2.38. The van der Waals surface area contributed by atoms with Crippen LogP contribution in [0.4, 0.5) is 5.82 Å². The molecule has 2 aromatic heterocycles. The van der Waals surface area contributed by atoms with Crippen molar-refractivity contribution in [2.45, 2.75) is 26.2 Å². The quantitative estimate of drug-likeness (QED) is 0.543. The fraction of sp³-hybridized carbons (Fsp3) is 0.227. The Bertz CT molecular complexity index is 1070. The van der Waals surface area contributed by atoms with Crippen LogP contribution in [-0.4, -0.2) is 16.3 Å². The summed E-state index contributed by atoms with van der Waals surface area (Å²) in [6, 6.07) is 18.7. The van der Waals surface area contributed by atoms with Crippen LogP contribution in [0.2, 0.25) is 0 Å². The lowest BCUT2D eigenvalue weighted by Crippen LogP contribution is -2.07. The molecule has 4 aromatic rings. The number of nitrogens with one attached hydrogen (secondary N) is 1. The summed E-state index contributed by atoms with van der Waals surface area (Å²) in [7, 11) is 0. The van der Waals surface area contributed by atoms with Crippen molar-refractivity contribution in [1.82, 2.24) is 9.78 Å². The molecular weight excluding hydrogens is 322 g/mol. The van der Waals surface area contributed by atoms with Gasteiger partial charge in [-0.15, -0.1) is 0 Å². The van der Waals surface area contributed by atoms with Gasteiger partial charge in [-0.05, 0) is 36.1 Å². The first-order chi connectivity index (χ1) is 12.7. The summed E-state index contributed by atoms with van der Waals surface area (Å²) in [6.07, 6.45) is 0.964. The third kappa shape index (κ3) is 2.25. The number of furan rings is 1. The molecule has 0 bridgehead atoms. The number of rotatable bonds is 3. The van der Waals surface area contributed by atoms with Crippen molar-refractivity contribution in [3.8, 4) is 17.1 Å². The zero-order valence-electron chi connectivity index (χ0n) is 15.0. The SMILES string of the molecule is CC(C)c1ccccc1-n1nc(-c2cc3ccccc3o2)c2c1NCC2. The molecule has 0 aliphatic carbocycles. The number of fused-ring (bicyclic) bond motifs is 2. The lowest BCUT2D eigenvalue weighted by molar-refractivity contribution is 0.626. The topological polar surface area (TPSA) is 43.0 Å². The standard InChI is InChI=1S/C22H21N3O/c1-14(2)16-8-4-5-9-18(16)25-22-17(11-12-23-22)21(24-25)20-13-15-7-3-6-10-19(15)26-20/h3-10,13-14,23H,11-12H2,1-2H3. The van der Waals surface area contributed by atoms with Gasteiger partial charge in [-0.25, -0.2) is 4.68 Å². The Morgan fingerprint density at radius 3 is 2.73 bits per heavy atom. The highest BCUT2D eigenvalue weighted by Gasteiger charge is 2.26. The van der Waals surface area contributed by atoms with Crippen LogP contribution >= 0.6 is 0 Å². The minimum Gasteiger partial charge on any atom is -0.454 e. The normalized spacial score (nSPS) is 13.3. The molecule has 4 heteroatoms. The largest absolute Gasteiger partial charge is 0.454 e. The number of nitrogens with zero attached hydrogens (tertiary/aromatic N) is 2. The molecule has 5 rings (SSSR count). The zero-order valence-corrected chi connectivity index (χ0v) is 15.0. The van der Waals surface area contributed by atoms with Gasteiger partial charge in [0, 0.05) is 17.5 Å². The van der Waals surface area contributed by atoms with E-state index in [1.54, 1.807) is 0 Å². The lowest BCUT2D eigenvalue weighted by atomic mass is 10.0. The van der Waals surface area contributed by atoms with Gasteiger partial charge in [0.15, 0.2) is 5.76 Å². The molecule has 0 unspecified atom stereocenters. The predicted molar refractivity (Wildman–Crippen MR) is 105 cm³/mol. The molecule has 1 aliphatic rings. The molecule has 3 heterocycles. The Hall–Kier alpha value is -3.01. The molecule has 130 valence electrons. The third-order valence-corrected chi connectivity index (χ3v) is 5.10. The highest BCUT2D eigenvalue weighted by molar-refractivity contribution is 5.83. The van der Waals surface area contributed by atoms with Crippen LogP contribution in [0, 0.1) is 0 Å². The number of aromatic nitrogens is 2. The monoisotopic (exact) mass is 343 g/mol. The van der Waals surface area contributed by atoms with E-state index in [4.69, 9.17) is 9.52 Å². The van der Waals surface area contributed by atoms with Crippen molar-refractivity contribution in [2.24, 2.45) is 0 Å². The summed E-state index contributed by atoms with van der Waals surface area (Å²) in [5.41, 5.74) is 5.51. The number of hydrogen-bond acceptors (Lipinski definition) is 3. The van der Waals surface area contributed by atoms with Gasteiger partial charge in [-0.1, -0.05) is 50.2 Å². The van der Waals surface area contributed by atoms with Crippen molar-refractivity contribution < 1.29 is 4.42 Å². The summed E-state index contributed by atoms with van der Waals surface area (Å²) in [4.78, 5) is 0. The van der Waals surface area contributed by atoms with Gasteiger partial charge in [0.1, 0.15) is 17.1 Å². The fourth-order valence-electron chi connectivity index (χ4n) is 3.81. The molecule has 1 aliphatic heterocycles. The number of benzene rings is 2. The molecular formula is C22H21N3O. The van der Waals surface area contributed by atoms with Crippen LogP contribution in [0.15, 0.2) is 59.0 Å². The van der Waals surface area contributed by atoms with Crippen molar-refractivity contribution in [3.05, 3.63) is 65.7 Å². The van der Waals surface area contributed by atoms with Gasteiger partial charge in [0.2, 0.25) is 0 Å². The molecule has 0 atom stereocenters. The first-order valence-electron chi connectivity index (χ1n) is 9.16. The van der Waals surface area contributed by atoms with E-state index >= 15 is 0 Å². The number of hydrogen-bond donors (Lipinski definition) is 1. The summed E-state index contributed by atoms with van der Waals surface area (Å²) in [6.45, 7) is 5.37. The summed E-state index contributed by atoms with van der Waals surface area (Å²) in [5, 5.41) is 9.60. The van der Waals surface area contributed by atoms with E-state index in [0.717, 1.165) is 46.9 Å². The van der Waals surface area contributed by atoms with Crippen LogP contribution in [0.5, 0.6) is 0 Å². The molecule has 0 saturated carbocycles. The van der Waals surface area contributed by atoms with Gasteiger partial charge in [-0.2, -0.15) is 5.10 Å². The lowest BCUT2D eigenvalue weighted by Gasteiger charge is -2.14. The Morgan fingerprint density at radius 2 is 1.88 bits per heavy atom. The summed E-state index contributed by atoms with van der Waals surface area (Å²) >= 11 is 0. The summed E-state index contributed by atoms with van der Waals surface area (Å²) < 4.78 is 8.16. The molecule has 0 amide bonds. The molecule has 0 saturated heterocycles. The third-order valence-electron chi connectivity index (χ3n) is 5.10. The molecule has 0 spiro atoms. The molecule has 1 N–H and O–H groups in total. The minimum atomic E-state index is 0.433. The molecule has 2 aromatic carbocycles. The molecule has 26 heavy (non-hydrogen) atoms. The Morgan fingerprint density at radius 1 is 1.08 bits per heavy atom. The molecule has 0 radical (unpaired) electrons. The van der Waals surface area contributed by atoms with Gasteiger partial charge < -0.3 is 9.73 Å². The van der Waals surface area contributed by atoms with Crippen molar-refractivity contribution >= 4 is 16.8 Å². The fourth-order valence-corrected chi connectivity index (χ4v) is 3.81. The Labute approximate surface area is 152 Å². The maximum Gasteiger partial charge on any atom is 0.156 e. The van der Waals surface area contributed by atoms with Crippen molar-refractivity contribution in [2.75, 3.05) is 11.9 Å². The van der Waals surface area contributed by atoms with Gasteiger partial charge in [0.05, 0.1) is 5.69 Å². The van der Waals surface area contributed by atoms with Gasteiger partial charge >= 0.3 is 0 Å². The van der Waals surface area contributed by atoms with Crippen LogP contribution in [0.25, 0.3) is 28.1 Å². The van der Waals surface area contributed by atoms with Crippen LogP contribution < -0.4 is 5.32 Å².